The second-order valence-electron chi connectivity index (χ2n) is 6.35. The monoisotopic (exact) mass is 481 g/mol. The number of nitrogens with one attached hydrogen (secondary N) is 3. The molecule has 0 aliphatic carbocycles. The van der Waals surface area contributed by atoms with E-state index < -0.39 is 0 Å². The summed E-state index contributed by atoms with van der Waals surface area (Å²) in [6, 6.07) is 8.39. The van der Waals surface area contributed by atoms with E-state index in [9.17, 15) is 0 Å². The second kappa shape index (κ2) is 10.3. The largest absolute Gasteiger partial charge is 0.361 e. The maximum absolute atomic E-state index is 5.21. The highest BCUT2D eigenvalue weighted by atomic mass is 127. The minimum atomic E-state index is 0. The summed E-state index contributed by atoms with van der Waals surface area (Å²) in [5.41, 5.74) is 4.61. The van der Waals surface area contributed by atoms with E-state index in [2.05, 4.69) is 63.2 Å². The van der Waals surface area contributed by atoms with Crippen molar-refractivity contribution in [1.82, 2.24) is 20.8 Å². The van der Waals surface area contributed by atoms with Crippen molar-refractivity contribution >= 4 is 40.8 Å². The van der Waals surface area contributed by atoms with Crippen molar-refractivity contribution in [2.24, 2.45) is 4.99 Å². The first kappa shape index (κ1) is 21.3. The molecule has 0 aliphatic heterocycles. The number of nitrogens with zero attached hydrogens (tertiary/aromatic N) is 2. The van der Waals surface area contributed by atoms with E-state index in [1.165, 1.54) is 16.5 Å². The highest BCUT2D eigenvalue weighted by Crippen LogP contribution is 2.17. The molecule has 2 heterocycles. The summed E-state index contributed by atoms with van der Waals surface area (Å²) in [6.45, 7) is 8.36. The van der Waals surface area contributed by atoms with Gasteiger partial charge in [-0.3, -0.25) is 4.99 Å². The fraction of sp³-hybridized carbons (Fsp3) is 0.400. The molecule has 0 saturated heterocycles. The van der Waals surface area contributed by atoms with Crippen LogP contribution < -0.4 is 10.6 Å². The van der Waals surface area contributed by atoms with E-state index in [4.69, 9.17) is 4.52 Å². The fourth-order valence-electron chi connectivity index (χ4n) is 3.13. The van der Waals surface area contributed by atoms with Gasteiger partial charge < -0.3 is 20.1 Å². The average Bonchev–Trinajstić information content (AvgIpc) is 3.20. The Balaban J connectivity index is 0.00000261. The van der Waals surface area contributed by atoms with Crippen LogP contribution in [-0.2, 0) is 12.8 Å². The van der Waals surface area contributed by atoms with Gasteiger partial charge in [0.05, 0.1) is 5.69 Å². The molecule has 1 aromatic carbocycles. The van der Waals surface area contributed by atoms with Gasteiger partial charge in [0.1, 0.15) is 5.76 Å². The summed E-state index contributed by atoms with van der Waals surface area (Å²) in [5, 5.41) is 12.0. The molecule has 0 saturated carbocycles. The zero-order valence-corrected chi connectivity index (χ0v) is 18.5. The van der Waals surface area contributed by atoms with Crippen LogP contribution in [0.1, 0.15) is 29.5 Å². The standard InChI is InChI=1S/C20H27N5O.HI/c1-4-21-20(23-12-10-17-14(2)25-26-15(17)3)22-11-9-16-13-24-19-8-6-5-7-18(16)19;/h5-8,13,24H,4,9-12H2,1-3H3,(H2,21,22,23);1H. The molecule has 0 amide bonds. The van der Waals surface area contributed by atoms with Gasteiger partial charge in [0.15, 0.2) is 5.96 Å². The minimum Gasteiger partial charge on any atom is -0.361 e. The topological polar surface area (TPSA) is 78.2 Å². The van der Waals surface area contributed by atoms with Crippen LogP contribution in [0.3, 0.4) is 0 Å². The Morgan fingerprint density at radius 1 is 1.19 bits per heavy atom. The third kappa shape index (κ3) is 5.47. The average molecular weight is 481 g/mol. The van der Waals surface area contributed by atoms with Gasteiger partial charge in [-0.2, -0.15) is 0 Å². The Hall–Kier alpha value is -2.03. The number of aryl methyl sites for hydroxylation is 2. The van der Waals surface area contributed by atoms with Gasteiger partial charge in [-0.25, -0.2) is 0 Å². The molecule has 3 N–H and O–H groups in total. The second-order valence-corrected chi connectivity index (χ2v) is 6.35. The first-order valence-electron chi connectivity index (χ1n) is 9.18. The summed E-state index contributed by atoms with van der Waals surface area (Å²) in [4.78, 5) is 7.99. The summed E-state index contributed by atoms with van der Waals surface area (Å²) in [7, 11) is 0. The molecule has 0 radical (unpaired) electrons. The number of aliphatic imine (C=N–C) groups is 1. The number of para-hydroxylation sites is 1. The molecule has 6 nitrogen and oxygen atoms in total. The Labute approximate surface area is 177 Å². The van der Waals surface area contributed by atoms with Crippen molar-refractivity contribution < 1.29 is 4.52 Å². The molecular formula is C20H28IN5O. The Morgan fingerprint density at radius 3 is 2.74 bits per heavy atom. The normalized spacial score (nSPS) is 11.4. The SMILES string of the molecule is CCNC(=NCCc1c(C)noc1C)NCCc1c[nH]c2ccccc12.I. The number of guanidine groups is 1. The molecule has 0 bridgehead atoms. The van der Waals surface area contributed by atoms with Crippen molar-refractivity contribution in [3.05, 3.63) is 53.0 Å². The lowest BCUT2D eigenvalue weighted by molar-refractivity contribution is 0.392. The molecule has 0 unspecified atom stereocenters. The number of halogens is 1. The predicted octanol–water partition coefficient (Wildman–Crippen LogP) is 3.73. The van der Waals surface area contributed by atoms with Crippen LogP contribution in [0.5, 0.6) is 0 Å². The zero-order chi connectivity index (χ0) is 18.4. The number of rotatable bonds is 7. The van der Waals surface area contributed by atoms with Gasteiger partial charge in [-0.1, -0.05) is 23.4 Å². The number of hydrogen-bond donors (Lipinski definition) is 3. The van der Waals surface area contributed by atoms with E-state index >= 15 is 0 Å². The number of aromatic amines is 1. The predicted molar refractivity (Wildman–Crippen MR) is 121 cm³/mol. The molecule has 27 heavy (non-hydrogen) atoms. The van der Waals surface area contributed by atoms with E-state index in [0.717, 1.165) is 48.9 Å². The van der Waals surface area contributed by atoms with Gasteiger partial charge in [-0.15, -0.1) is 24.0 Å². The quantitative estimate of drug-likeness (QED) is 0.273. The highest BCUT2D eigenvalue weighted by molar-refractivity contribution is 14.0. The summed E-state index contributed by atoms with van der Waals surface area (Å²) >= 11 is 0. The van der Waals surface area contributed by atoms with E-state index in [1.807, 2.05) is 13.8 Å². The van der Waals surface area contributed by atoms with Crippen LogP contribution >= 0.6 is 24.0 Å². The highest BCUT2D eigenvalue weighted by Gasteiger charge is 2.08. The van der Waals surface area contributed by atoms with Crippen molar-refractivity contribution in [3.63, 3.8) is 0 Å². The number of fused-ring (bicyclic) bond motifs is 1. The van der Waals surface area contributed by atoms with Gasteiger partial charge in [0.25, 0.3) is 0 Å². The first-order valence-corrected chi connectivity index (χ1v) is 9.18. The van der Waals surface area contributed by atoms with Gasteiger partial charge in [0.2, 0.25) is 0 Å². The molecule has 2 aromatic heterocycles. The number of aromatic nitrogens is 2. The molecular weight excluding hydrogens is 453 g/mol. The minimum absolute atomic E-state index is 0. The molecule has 0 fully saturated rings. The number of benzene rings is 1. The van der Waals surface area contributed by atoms with Crippen molar-refractivity contribution in [3.8, 4) is 0 Å². The van der Waals surface area contributed by atoms with Crippen molar-refractivity contribution in [2.75, 3.05) is 19.6 Å². The first-order chi connectivity index (χ1) is 12.7. The van der Waals surface area contributed by atoms with Crippen LogP contribution in [-0.4, -0.2) is 35.7 Å². The van der Waals surface area contributed by atoms with Crippen LogP contribution in [0.4, 0.5) is 0 Å². The lowest BCUT2D eigenvalue weighted by Gasteiger charge is -2.11. The third-order valence-electron chi connectivity index (χ3n) is 4.52. The summed E-state index contributed by atoms with van der Waals surface area (Å²) in [5.74, 6) is 1.73. The summed E-state index contributed by atoms with van der Waals surface area (Å²) in [6.07, 6.45) is 3.87. The maximum atomic E-state index is 5.21. The molecule has 0 aliphatic rings. The van der Waals surface area contributed by atoms with Crippen LogP contribution in [0.15, 0.2) is 40.0 Å². The molecule has 146 valence electrons. The zero-order valence-electron chi connectivity index (χ0n) is 16.1. The molecule has 0 atom stereocenters. The molecule has 3 aromatic rings. The lowest BCUT2D eigenvalue weighted by Crippen LogP contribution is -2.38. The van der Waals surface area contributed by atoms with E-state index in [1.54, 1.807) is 0 Å². The van der Waals surface area contributed by atoms with Crippen molar-refractivity contribution in [2.45, 2.75) is 33.6 Å². The molecule has 3 rings (SSSR count). The van der Waals surface area contributed by atoms with Crippen LogP contribution in [0, 0.1) is 13.8 Å². The lowest BCUT2D eigenvalue weighted by atomic mass is 10.1. The van der Waals surface area contributed by atoms with E-state index in [-0.39, 0.29) is 24.0 Å². The van der Waals surface area contributed by atoms with Crippen molar-refractivity contribution in [1.29, 1.82) is 0 Å². The van der Waals surface area contributed by atoms with Gasteiger partial charge in [0, 0.05) is 42.3 Å². The van der Waals surface area contributed by atoms with Crippen LogP contribution in [0.2, 0.25) is 0 Å². The Kier molecular flexibility index (Phi) is 8.15. The number of H-pyrrole nitrogens is 1. The molecule has 7 heteroatoms. The Bertz CT molecular complexity index is 864. The van der Waals surface area contributed by atoms with E-state index in [0.29, 0.717) is 6.54 Å². The fourth-order valence-corrected chi connectivity index (χ4v) is 3.13. The summed E-state index contributed by atoms with van der Waals surface area (Å²) < 4.78 is 5.21. The van der Waals surface area contributed by atoms with Gasteiger partial charge >= 0.3 is 0 Å². The number of hydrogen-bond acceptors (Lipinski definition) is 3. The maximum Gasteiger partial charge on any atom is 0.191 e. The smallest absolute Gasteiger partial charge is 0.191 e. The Morgan fingerprint density at radius 2 is 2.00 bits per heavy atom. The van der Waals surface area contributed by atoms with Gasteiger partial charge in [-0.05, 0) is 45.2 Å². The van der Waals surface area contributed by atoms with Crippen LogP contribution in [0.25, 0.3) is 10.9 Å². The third-order valence-corrected chi connectivity index (χ3v) is 4.52. The molecule has 0 spiro atoms.